The lowest BCUT2D eigenvalue weighted by Gasteiger charge is -2.29. The Hall–Kier alpha value is -1.02. The third-order valence-electron chi connectivity index (χ3n) is 11.2. The molecule has 3 atom stereocenters. The fourth-order valence-corrected chi connectivity index (χ4v) is 7.95. The second kappa shape index (κ2) is 41.3. The summed E-state index contributed by atoms with van der Waals surface area (Å²) in [4.78, 5) is 25.3. The molecular formula is C49H97N2O6P. The number of carbonyl (C=O) groups is 1. The van der Waals surface area contributed by atoms with Crippen LogP contribution in [0.4, 0.5) is 0 Å². The van der Waals surface area contributed by atoms with Crippen molar-refractivity contribution in [2.45, 2.75) is 244 Å². The molecule has 0 aliphatic rings. The largest absolute Gasteiger partial charge is 0.756 e. The molecule has 9 heteroatoms. The predicted molar refractivity (Wildman–Crippen MR) is 247 cm³/mol. The Kier molecular flexibility index (Phi) is 40.6. The summed E-state index contributed by atoms with van der Waals surface area (Å²) < 4.78 is 23.2. The molecule has 0 aromatic heterocycles. The van der Waals surface area contributed by atoms with Gasteiger partial charge in [0.1, 0.15) is 13.2 Å². The molecule has 2 N–H and O–H groups in total. The van der Waals surface area contributed by atoms with Crippen LogP contribution in [0.15, 0.2) is 24.3 Å². The van der Waals surface area contributed by atoms with Crippen molar-refractivity contribution >= 4 is 13.7 Å². The quantitative estimate of drug-likeness (QED) is 0.0274. The molecule has 3 unspecified atom stereocenters. The highest BCUT2D eigenvalue weighted by atomic mass is 31.2. The third-order valence-corrected chi connectivity index (χ3v) is 12.1. The van der Waals surface area contributed by atoms with Crippen LogP contribution in [-0.2, 0) is 18.4 Å². The summed E-state index contributed by atoms with van der Waals surface area (Å²) in [5, 5.41) is 13.8. The van der Waals surface area contributed by atoms with Crippen LogP contribution < -0.4 is 10.2 Å². The Morgan fingerprint density at radius 3 is 1.40 bits per heavy atom. The van der Waals surface area contributed by atoms with Gasteiger partial charge in [0.2, 0.25) is 5.91 Å². The van der Waals surface area contributed by atoms with Gasteiger partial charge in [-0.25, -0.2) is 0 Å². The number of unbranched alkanes of at least 4 members (excludes halogenated alkanes) is 30. The summed E-state index contributed by atoms with van der Waals surface area (Å²) in [5.74, 6) is -0.205. The molecule has 8 nitrogen and oxygen atoms in total. The number of carbonyl (C=O) groups excluding carboxylic acids is 1. The third kappa shape index (κ3) is 43.1. The number of amides is 1. The van der Waals surface area contributed by atoms with E-state index in [9.17, 15) is 19.4 Å². The standard InChI is InChI=1S/C49H97N2O6P/c1-6-8-10-12-14-16-18-20-21-22-23-24-25-26-27-28-29-31-32-34-36-38-40-42-48(52)47(46-57-58(54,55)56-45-44-51(3,4)5)50-49(53)43-41-39-37-35-33-30-19-17-15-13-11-9-7-2/h32,34,40,42,47-48,52H,6-31,33,35-39,41,43-46H2,1-5H3,(H-,50,53,54,55)/b34-32+,42-40+. The van der Waals surface area contributed by atoms with Crippen LogP contribution in [0.1, 0.15) is 232 Å². The second-order valence-corrected chi connectivity index (χ2v) is 19.6. The van der Waals surface area contributed by atoms with Crippen LogP contribution in [0.5, 0.6) is 0 Å². The first-order chi connectivity index (χ1) is 28.0. The number of quaternary nitrogens is 1. The van der Waals surface area contributed by atoms with E-state index < -0.39 is 20.0 Å². The van der Waals surface area contributed by atoms with Gasteiger partial charge in [0.25, 0.3) is 7.82 Å². The molecular weight excluding hydrogens is 744 g/mol. The molecule has 0 aliphatic carbocycles. The summed E-state index contributed by atoms with van der Waals surface area (Å²) in [6.07, 6.45) is 49.5. The summed E-state index contributed by atoms with van der Waals surface area (Å²) in [5.41, 5.74) is 0. The minimum atomic E-state index is -4.59. The molecule has 0 aromatic rings. The summed E-state index contributed by atoms with van der Waals surface area (Å²) in [6.45, 7) is 4.64. The van der Waals surface area contributed by atoms with Crippen molar-refractivity contribution < 1.29 is 32.9 Å². The van der Waals surface area contributed by atoms with Crippen molar-refractivity contribution in [3.8, 4) is 0 Å². The van der Waals surface area contributed by atoms with Crippen molar-refractivity contribution in [3.63, 3.8) is 0 Å². The van der Waals surface area contributed by atoms with Gasteiger partial charge < -0.3 is 28.8 Å². The van der Waals surface area contributed by atoms with E-state index in [0.29, 0.717) is 17.4 Å². The number of aliphatic hydroxyl groups excluding tert-OH is 1. The van der Waals surface area contributed by atoms with E-state index in [1.807, 2.05) is 27.2 Å². The van der Waals surface area contributed by atoms with E-state index in [1.165, 1.54) is 173 Å². The number of nitrogens with zero attached hydrogens (tertiary/aromatic N) is 1. The van der Waals surface area contributed by atoms with Gasteiger partial charge >= 0.3 is 0 Å². The van der Waals surface area contributed by atoms with E-state index in [0.717, 1.165) is 38.5 Å². The highest BCUT2D eigenvalue weighted by Crippen LogP contribution is 2.38. The van der Waals surface area contributed by atoms with Gasteiger partial charge in [0.15, 0.2) is 0 Å². The topological polar surface area (TPSA) is 108 Å². The molecule has 0 fully saturated rings. The molecule has 0 saturated carbocycles. The lowest BCUT2D eigenvalue weighted by Crippen LogP contribution is -2.45. The zero-order chi connectivity index (χ0) is 42.8. The van der Waals surface area contributed by atoms with Crippen molar-refractivity contribution in [2.24, 2.45) is 0 Å². The van der Waals surface area contributed by atoms with E-state index in [4.69, 9.17) is 9.05 Å². The van der Waals surface area contributed by atoms with Crippen LogP contribution >= 0.6 is 7.82 Å². The van der Waals surface area contributed by atoms with E-state index >= 15 is 0 Å². The van der Waals surface area contributed by atoms with Crippen molar-refractivity contribution in [2.75, 3.05) is 40.9 Å². The van der Waals surface area contributed by atoms with Crippen LogP contribution in [0.25, 0.3) is 0 Å². The average molecular weight is 841 g/mol. The number of likely N-dealkylation sites (N-methyl/N-ethyl adjacent to an activating group) is 1. The smallest absolute Gasteiger partial charge is 0.268 e. The van der Waals surface area contributed by atoms with E-state index in [2.05, 4.69) is 31.3 Å². The number of hydrogen-bond acceptors (Lipinski definition) is 6. The van der Waals surface area contributed by atoms with Gasteiger partial charge in [-0.15, -0.1) is 0 Å². The number of phosphoric acid groups is 1. The van der Waals surface area contributed by atoms with Crippen molar-refractivity contribution in [1.82, 2.24) is 5.32 Å². The summed E-state index contributed by atoms with van der Waals surface area (Å²) >= 11 is 0. The Bertz CT molecular complexity index is 1000. The minimum Gasteiger partial charge on any atom is -0.756 e. The van der Waals surface area contributed by atoms with Gasteiger partial charge in [0, 0.05) is 6.42 Å². The monoisotopic (exact) mass is 841 g/mol. The molecule has 1 amide bonds. The van der Waals surface area contributed by atoms with E-state index in [-0.39, 0.29) is 19.1 Å². The first-order valence-electron chi connectivity index (χ1n) is 24.7. The fraction of sp³-hybridized carbons (Fsp3) is 0.898. The normalized spacial score (nSPS) is 14.4. The van der Waals surface area contributed by atoms with Gasteiger partial charge in [-0.3, -0.25) is 9.36 Å². The number of allylic oxidation sites excluding steroid dienone is 3. The first kappa shape index (κ1) is 57.0. The Morgan fingerprint density at radius 1 is 0.586 bits per heavy atom. The molecule has 58 heavy (non-hydrogen) atoms. The average Bonchev–Trinajstić information content (AvgIpc) is 3.17. The second-order valence-electron chi connectivity index (χ2n) is 18.2. The zero-order valence-corrected chi connectivity index (χ0v) is 39.9. The molecule has 344 valence electrons. The number of hydrogen-bond donors (Lipinski definition) is 2. The SMILES string of the molecule is CCCCCCCCCCCCCCCCCCC/C=C/CC/C=C/C(O)C(COP(=O)([O-])OCC[N+](C)(C)C)NC(=O)CCCCCCCCCCCCCCC. The fourth-order valence-electron chi connectivity index (χ4n) is 7.23. The Labute approximate surface area is 360 Å². The van der Waals surface area contributed by atoms with Crippen LogP contribution in [0.3, 0.4) is 0 Å². The lowest BCUT2D eigenvalue weighted by molar-refractivity contribution is -0.870. The Balaban J connectivity index is 4.32. The number of phosphoric ester groups is 1. The van der Waals surface area contributed by atoms with Crippen molar-refractivity contribution in [3.05, 3.63) is 24.3 Å². The molecule has 0 bridgehead atoms. The maximum absolute atomic E-state index is 12.9. The molecule has 0 aromatic carbocycles. The number of nitrogens with one attached hydrogen (secondary N) is 1. The molecule has 0 aliphatic heterocycles. The minimum absolute atomic E-state index is 0.00413. The highest BCUT2D eigenvalue weighted by molar-refractivity contribution is 7.45. The summed E-state index contributed by atoms with van der Waals surface area (Å²) in [7, 11) is 1.25. The Morgan fingerprint density at radius 2 is 0.966 bits per heavy atom. The van der Waals surface area contributed by atoms with E-state index in [1.54, 1.807) is 6.08 Å². The maximum atomic E-state index is 12.9. The summed E-state index contributed by atoms with van der Waals surface area (Å²) in [6, 6.07) is -0.898. The van der Waals surface area contributed by atoms with Crippen LogP contribution in [-0.4, -0.2) is 68.5 Å². The molecule has 0 radical (unpaired) electrons. The predicted octanol–water partition coefficient (Wildman–Crippen LogP) is 13.5. The highest BCUT2D eigenvalue weighted by Gasteiger charge is 2.23. The lowest BCUT2D eigenvalue weighted by atomic mass is 10.0. The van der Waals surface area contributed by atoms with Crippen LogP contribution in [0.2, 0.25) is 0 Å². The molecule has 0 rings (SSSR count). The number of rotatable bonds is 45. The molecule has 0 saturated heterocycles. The zero-order valence-electron chi connectivity index (χ0n) is 39.0. The first-order valence-corrected chi connectivity index (χ1v) is 26.2. The van der Waals surface area contributed by atoms with Gasteiger partial charge in [0.05, 0.1) is 39.9 Å². The van der Waals surface area contributed by atoms with Gasteiger partial charge in [-0.05, 0) is 32.1 Å². The van der Waals surface area contributed by atoms with Crippen LogP contribution in [0, 0.1) is 0 Å². The number of aliphatic hydroxyl groups is 1. The molecule has 0 spiro atoms. The van der Waals surface area contributed by atoms with Gasteiger partial charge in [-0.2, -0.15) is 0 Å². The van der Waals surface area contributed by atoms with Crippen molar-refractivity contribution in [1.29, 1.82) is 0 Å². The maximum Gasteiger partial charge on any atom is 0.268 e. The van der Waals surface area contributed by atoms with Gasteiger partial charge in [-0.1, -0.05) is 218 Å². The molecule has 0 heterocycles.